The molecule has 1 unspecified atom stereocenters. The van der Waals surface area contributed by atoms with E-state index in [1.54, 1.807) is 0 Å². The van der Waals surface area contributed by atoms with E-state index in [2.05, 4.69) is 255 Å². The predicted octanol–water partition coefficient (Wildman–Crippen LogP) is 17.4. The van der Waals surface area contributed by atoms with Gasteiger partial charge in [0.25, 0.3) is 0 Å². The van der Waals surface area contributed by atoms with Crippen molar-refractivity contribution >= 4 is 38.6 Å². The molecule has 0 fully saturated rings. The van der Waals surface area contributed by atoms with Crippen LogP contribution in [-0.4, -0.2) is 0 Å². The Morgan fingerprint density at radius 3 is 1.36 bits per heavy atom. The minimum absolute atomic E-state index is 0.156. The quantitative estimate of drug-likeness (QED) is 0.159. The van der Waals surface area contributed by atoms with Crippen molar-refractivity contribution in [3.8, 4) is 55.6 Å². The monoisotopic (exact) mass is 851 g/mol. The number of rotatable bonds is 4. The Hall–Kier alpha value is -8.26. The molecule has 314 valence electrons. The van der Waals surface area contributed by atoms with Gasteiger partial charge in [0.1, 0.15) is 0 Å². The molecular weight excluding hydrogens is 807 g/mol. The Balaban J connectivity index is 1.11. The smallest absolute Gasteiger partial charge is 0.0732 e. The van der Waals surface area contributed by atoms with Gasteiger partial charge in [0.15, 0.2) is 0 Å². The number of hydrogen-bond donors (Lipinski definition) is 0. The first-order chi connectivity index (χ1) is 33.0. The van der Waals surface area contributed by atoms with Gasteiger partial charge >= 0.3 is 0 Å². The molecule has 3 aliphatic carbocycles. The summed E-state index contributed by atoms with van der Waals surface area (Å²) in [6, 6.07) is 89.2. The lowest BCUT2D eigenvalue weighted by molar-refractivity contribution is 0.660. The molecule has 0 N–H and O–H groups in total. The third-order valence-electron chi connectivity index (χ3n) is 15.5. The van der Waals surface area contributed by atoms with Crippen molar-refractivity contribution in [1.82, 2.24) is 0 Å². The average molecular weight is 852 g/mol. The molecule has 1 spiro atoms. The van der Waals surface area contributed by atoms with E-state index in [4.69, 9.17) is 0 Å². The maximum absolute atomic E-state index is 2.56. The fourth-order valence-electron chi connectivity index (χ4n) is 12.6. The Bertz CT molecular complexity index is 3840. The maximum atomic E-state index is 2.56. The number of fused-ring (bicyclic) bond motifs is 20. The Morgan fingerprint density at radius 2 is 0.701 bits per heavy atom. The minimum Gasteiger partial charge on any atom is -0.310 e. The van der Waals surface area contributed by atoms with Crippen LogP contribution in [0, 0.1) is 0 Å². The molecule has 0 aliphatic heterocycles. The second-order valence-corrected chi connectivity index (χ2v) is 19.1. The molecule has 0 saturated carbocycles. The Labute approximate surface area is 391 Å². The second kappa shape index (κ2) is 14.1. The standard InChI is InChI=1S/C66H45N/c1-65(2)58-29-15-12-25-52(58)54-39-37-45(40-61(54)65)67(44-34-32-43(33-35-44)42-18-4-3-5-19-42)46-36-38-53-48-21-7-6-20-47(48)51-24-13-16-30-59(51)66(62(53)41-46)60-31-17-14-28-57(60)63-55-26-10-8-22-49(55)50-23-9-11-27-56(50)64(63)66/h3-41H,1-2H3. The highest BCUT2D eigenvalue weighted by molar-refractivity contribution is 6.20. The summed E-state index contributed by atoms with van der Waals surface area (Å²) in [7, 11) is 0. The van der Waals surface area contributed by atoms with Crippen LogP contribution in [0.5, 0.6) is 0 Å². The van der Waals surface area contributed by atoms with Crippen LogP contribution in [0.4, 0.5) is 17.1 Å². The fourth-order valence-corrected chi connectivity index (χ4v) is 12.6. The van der Waals surface area contributed by atoms with Gasteiger partial charge in [-0.2, -0.15) is 0 Å². The van der Waals surface area contributed by atoms with Gasteiger partial charge in [0.2, 0.25) is 0 Å². The molecule has 0 aromatic heterocycles. The van der Waals surface area contributed by atoms with Crippen molar-refractivity contribution in [3.05, 3.63) is 270 Å². The molecule has 0 bridgehead atoms. The molecule has 0 radical (unpaired) electrons. The molecule has 1 nitrogen and oxygen atoms in total. The van der Waals surface area contributed by atoms with Crippen molar-refractivity contribution in [3.63, 3.8) is 0 Å². The van der Waals surface area contributed by atoms with Gasteiger partial charge in [-0.05, 0) is 147 Å². The van der Waals surface area contributed by atoms with Gasteiger partial charge in [-0.15, -0.1) is 0 Å². The molecule has 0 heterocycles. The molecule has 14 rings (SSSR count). The highest BCUT2D eigenvalue weighted by Gasteiger charge is 2.51. The van der Waals surface area contributed by atoms with Gasteiger partial charge in [-0.3, -0.25) is 0 Å². The predicted molar refractivity (Wildman–Crippen MR) is 281 cm³/mol. The summed E-state index contributed by atoms with van der Waals surface area (Å²) in [6.45, 7) is 4.76. The lowest BCUT2D eigenvalue weighted by Crippen LogP contribution is -2.30. The van der Waals surface area contributed by atoms with Gasteiger partial charge in [0.05, 0.1) is 5.41 Å². The first-order valence-corrected chi connectivity index (χ1v) is 23.6. The van der Waals surface area contributed by atoms with Crippen LogP contribution in [0.1, 0.15) is 47.2 Å². The summed E-state index contributed by atoms with van der Waals surface area (Å²) < 4.78 is 0. The molecule has 11 aromatic rings. The molecule has 3 aliphatic rings. The number of nitrogens with zero attached hydrogens (tertiary/aromatic N) is 1. The van der Waals surface area contributed by atoms with Gasteiger partial charge in [0, 0.05) is 22.5 Å². The zero-order valence-electron chi connectivity index (χ0n) is 37.5. The minimum atomic E-state index is -0.680. The molecule has 1 heteroatoms. The van der Waals surface area contributed by atoms with Crippen LogP contribution in [-0.2, 0) is 10.8 Å². The van der Waals surface area contributed by atoms with E-state index in [-0.39, 0.29) is 5.41 Å². The van der Waals surface area contributed by atoms with Crippen molar-refractivity contribution in [2.45, 2.75) is 24.7 Å². The molecule has 67 heavy (non-hydrogen) atoms. The average Bonchev–Trinajstić information content (AvgIpc) is 3.79. The zero-order valence-corrected chi connectivity index (χ0v) is 37.5. The molecular formula is C66H45N. The van der Waals surface area contributed by atoms with Crippen LogP contribution in [0.3, 0.4) is 0 Å². The summed E-state index contributed by atoms with van der Waals surface area (Å²) in [4.78, 5) is 2.51. The van der Waals surface area contributed by atoms with E-state index in [1.165, 1.54) is 111 Å². The molecule has 0 amide bonds. The van der Waals surface area contributed by atoms with E-state index in [9.17, 15) is 0 Å². The molecule has 1 atom stereocenters. The van der Waals surface area contributed by atoms with Gasteiger partial charge in [-0.1, -0.05) is 214 Å². The highest BCUT2D eigenvalue weighted by atomic mass is 15.1. The van der Waals surface area contributed by atoms with E-state index in [1.807, 2.05) is 0 Å². The second-order valence-electron chi connectivity index (χ2n) is 19.1. The normalized spacial score (nSPS) is 15.5. The van der Waals surface area contributed by atoms with Crippen LogP contribution in [0.2, 0.25) is 0 Å². The molecule has 0 saturated heterocycles. The van der Waals surface area contributed by atoms with E-state index in [0.717, 1.165) is 17.1 Å². The van der Waals surface area contributed by atoms with Crippen molar-refractivity contribution in [2.24, 2.45) is 0 Å². The SMILES string of the molecule is CC1(C)c2ccccc2-c2ccc(N(c3ccc(-c4ccccc4)cc3)c3ccc4c(c3)C3(c5ccccc5-c5ccccc5-4)c4ccccc4-c4c3c3ccccc3c3ccccc43)cc21. The summed E-state index contributed by atoms with van der Waals surface area (Å²) in [6.07, 6.45) is 0. The van der Waals surface area contributed by atoms with Crippen molar-refractivity contribution in [1.29, 1.82) is 0 Å². The third kappa shape index (κ3) is 5.20. The fraction of sp³-hybridized carbons (Fsp3) is 0.0606. The van der Waals surface area contributed by atoms with Gasteiger partial charge < -0.3 is 4.90 Å². The first kappa shape index (κ1) is 38.1. The van der Waals surface area contributed by atoms with Crippen LogP contribution in [0.15, 0.2) is 237 Å². The van der Waals surface area contributed by atoms with Crippen LogP contribution >= 0.6 is 0 Å². The van der Waals surface area contributed by atoms with E-state index in [0.29, 0.717) is 0 Å². The van der Waals surface area contributed by atoms with Gasteiger partial charge in [-0.25, -0.2) is 0 Å². The zero-order chi connectivity index (χ0) is 44.4. The summed E-state index contributed by atoms with van der Waals surface area (Å²) >= 11 is 0. The lowest BCUT2D eigenvalue weighted by atomic mass is 9.64. The number of hydrogen-bond acceptors (Lipinski definition) is 1. The highest BCUT2D eigenvalue weighted by Crippen LogP contribution is 2.65. The number of anilines is 3. The van der Waals surface area contributed by atoms with Crippen LogP contribution in [0.25, 0.3) is 77.2 Å². The van der Waals surface area contributed by atoms with Crippen LogP contribution < -0.4 is 4.90 Å². The topological polar surface area (TPSA) is 3.24 Å². The maximum Gasteiger partial charge on any atom is 0.0732 e. The summed E-state index contributed by atoms with van der Waals surface area (Å²) in [5.41, 5.74) is 23.2. The molecule has 11 aromatic carbocycles. The summed E-state index contributed by atoms with van der Waals surface area (Å²) in [5, 5.41) is 5.15. The Morgan fingerprint density at radius 1 is 0.284 bits per heavy atom. The third-order valence-corrected chi connectivity index (χ3v) is 15.5. The van der Waals surface area contributed by atoms with E-state index >= 15 is 0 Å². The number of benzene rings is 11. The van der Waals surface area contributed by atoms with E-state index < -0.39 is 5.41 Å². The van der Waals surface area contributed by atoms with Crippen molar-refractivity contribution in [2.75, 3.05) is 4.90 Å². The largest absolute Gasteiger partial charge is 0.310 e. The first-order valence-electron chi connectivity index (χ1n) is 23.6. The van der Waals surface area contributed by atoms with Crippen molar-refractivity contribution < 1.29 is 0 Å². The lowest BCUT2D eigenvalue weighted by Gasteiger charge is -2.37. The Kier molecular flexibility index (Phi) is 8.02. The summed E-state index contributed by atoms with van der Waals surface area (Å²) in [5.74, 6) is 0.